The maximum atomic E-state index is 12.7. The van der Waals surface area contributed by atoms with Crippen LogP contribution in [0.2, 0.25) is 0 Å². The molecule has 0 unspecified atom stereocenters. The third-order valence-electron chi connectivity index (χ3n) is 6.62. The van der Waals surface area contributed by atoms with Crippen LogP contribution in [-0.2, 0) is 20.9 Å². The summed E-state index contributed by atoms with van der Waals surface area (Å²) in [5.41, 5.74) is 0.641. The number of carboxylic acids is 3. The number of unbranched alkanes of at least 4 members (excludes halogenated alkanes) is 3. The monoisotopic (exact) mass is 578 g/mol. The van der Waals surface area contributed by atoms with E-state index in [0.717, 1.165) is 25.7 Å². The van der Waals surface area contributed by atoms with Crippen molar-refractivity contribution in [2.75, 3.05) is 65.4 Å². The largest absolute Gasteiger partial charge is 0.618 e. The molecular weight excluding hydrogens is 536 g/mol. The second-order valence-corrected chi connectivity index (χ2v) is 10.0. The highest BCUT2D eigenvalue weighted by molar-refractivity contribution is 5.94. The minimum absolute atomic E-state index is 0.0879. The summed E-state index contributed by atoms with van der Waals surface area (Å²) in [6.45, 7) is 3.52. The van der Waals surface area contributed by atoms with Gasteiger partial charge in [0, 0.05) is 70.3 Å². The van der Waals surface area contributed by atoms with Gasteiger partial charge in [-0.2, -0.15) is 4.73 Å². The maximum absolute atomic E-state index is 12.7. The average molecular weight is 579 g/mol. The Morgan fingerprint density at radius 2 is 1.39 bits per heavy atom. The fraction of sp³-hybridized carbons (Fsp3) is 0.593. The zero-order chi connectivity index (χ0) is 30.2. The zero-order valence-corrected chi connectivity index (χ0v) is 23.6. The molecule has 0 atom stereocenters. The van der Waals surface area contributed by atoms with Gasteiger partial charge in [0.2, 0.25) is 5.69 Å². The van der Waals surface area contributed by atoms with Crippen molar-refractivity contribution in [1.29, 1.82) is 0 Å². The summed E-state index contributed by atoms with van der Waals surface area (Å²) in [6, 6.07) is 2.97. The van der Waals surface area contributed by atoms with Crippen molar-refractivity contribution in [1.82, 2.24) is 24.9 Å². The molecule has 1 aromatic rings. The Morgan fingerprint density at radius 3 is 1.98 bits per heavy atom. The van der Waals surface area contributed by atoms with Crippen molar-refractivity contribution >= 4 is 23.8 Å². The van der Waals surface area contributed by atoms with Gasteiger partial charge in [0.1, 0.15) is 13.1 Å². The lowest BCUT2D eigenvalue weighted by Gasteiger charge is -2.31. The number of pyridine rings is 1. The first kappa shape index (κ1) is 33.3. The number of nitrogens with zero attached hydrogens (tertiary/aromatic N) is 5. The molecule has 2 rings (SSSR count). The van der Waals surface area contributed by atoms with Crippen molar-refractivity contribution in [3.8, 4) is 0 Å². The van der Waals surface area contributed by atoms with E-state index in [4.69, 9.17) is 0 Å². The van der Waals surface area contributed by atoms with E-state index in [1.807, 2.05) is 0 Å². The lowest BCUT2D eigenvalue weighted by molar-refractivity contribution is -0.615. The minimum Gasteiger partial charge on any atom is -0.618 e. The molecule has 1 amide bonds. The molecule has 2 heterocycles. The number of carbonyl (C=O) groups is 4. The molecule has 1 aliphatic rings. The number of carbonyl (C=O) groups excluding carboxylic acids is 1. The number of aliphatic carboxylic acids is 3. The predicted octanol–water partition coefficient (Wildman–Crippen LogP) is 0.0767. The quantitative estimate of drug-likeness (QED) is 0.133. The topological polar surface area (TPSA) is 181 Å². The summed E-state index contributed by atoms with van der Waals surface area (Å²) in [5.74, 6) is -3.40. The van der Waals surface area contributed by atoms with E-state index in [-0.39, 0.29) is 71.4 Å². The van der Waals surface area contributed by atoms with Gasteiger partial charge in [0.05, 0.1) is 18.7 Å². The number of carboxylic acid groups (broad SMARTS) is 3. The van der Waals surface area contributed by atoms with Crippen molar-refractivity contribution < 1.29 is 39.2 Å². The molecule has 41 heavy (non-hydrogen) atoms. The van der Waals surface area contributed by atoms with E-state index in [0.29, 0.717) is 22.5 Å². The van der Waals surface area contributed by atoms with Gasteiger partial charge < -0.3 is 35.6 Å². The molecule has 0 aliphatic carbocycles. The molecule has 1 aromatic heterocycles. The molecule has 0 saturated heterocycles. The van der Waals surface area contributed by atoms with Crippen LogP contribution in [0.3, 0.4) is 0 Å². The minimum atomic E-state index is -1.06. The van der Waals surface area contributed by atoms with Gasteiger partial charge in [0.25, 0.3) is 5.91 Å². The fourth-order valence-corrected chi connectivity index (χ4v) is 4.38. The molecule has 14 nitrogen and oxygen atoms in total. The maximum Gasteiger partial charge on any atom is 0.323 e. The summed E-state index contributed by atoms with van der Waals surface area (Å²) in [7, 11) is 0. The van der Waals surface area contributed by atoms with Crippen LogP contribution in [0.15, 0.2) is 30.7 Å². The molecule has 228 valence electrons. The first-order chi connectivity index (χ1) is 19.6. The first-order valence-corrected chi connectivity index (χ1v) is 13.8. The SMILES string of the molecule is CCCCCCNC(=O)c1cc[n+]([O-])c(CN2/C=C\N(CC(=O)O)CCN(CC(=O)O)CCN(CC(=O)O)CC2)c1. The third-order valence-corrected chi connectivity index (χ3v) is 6.62. The highest BCUT2D eigenvalue weighted by Crippen LogP contribution is 2.08. The number of nitrogens with one attached hydrogen (secondary N) is 1. The fourth-order valence-electron chi connectivity index (χ4n) is 4.38. The van der Waals surface area contributed by atoms with Crippen LogP contribution in [0.5, 0.6) is 0 Å². The second kappa shape index (κ2) is 17.7. The standard InChI is InChI=1S/C27H42N6O8/c1-2-3-4-5-7-28-27(40)22-6-8-33(41)23(17-22)18-29-9-11-30(19-24(34)35)13-15-32(21-26(38)39)16-14-31(12-10-29)20-25(36)37/h6,8-9,11,17H,2-5,7,10,12-16,18-21H2,1H3,(H,28,40)(H,34,35)(H,36,37)(H,38,39)/b11-9-. The van der Waals surface area contributed by atoms with E-state index < -0.39 is 17.9 Å². The molecule has 0 saturated carbocycles. The number of amides is 1. The Hall–Kier alpha value is -3.91. The van der Waals surface area contributed by atoms with Crippen LogP contribution in [0.25, 0.3) is 0 Å². The van der Waals surface area contributed by atoms with Gasteiger partial charge in [-0.3, -0.25) is 29.0 Å². The Bertz CT molecular complexity index is 1050. The molecule has 0 radical (unpaired) electrons. The molecule has 14 heteroatoms. The summed E-state index contributed by atoms with van der Waals surface area (Å²) in [6.07, 6.45) is 8.55. The van der Waals surface area contributed by atoms with Gasteiger partial charge >= 0.3 is 17.9 Å². The first-order valence-electron chi connectivity index (χ1n) is 13.8. The Morgan fingerprint density at radius 1 is 0.829 bits per heavy atom. The Kier molecular flexibility index (Phi) is 14.4. The number of hydrogen-bond acceptors (Lipinski definition) is 9. The third kappa shape index (κ3) is 13.3. The van der Waals surface area contributed by atoms with E-state index in [9.17, 15) is 39.7 Å². The van der Waals surface area contributed by atoms with Crippen molar-refractivity contribution in [2.45, 2.75) is 39.2 Å². The smallest absolute Gasteiger partial charge is 0.323 e. The average Bonchev–Trinajstić information content (AvgIpc) is 2.90. The van der Waals surface area contributed by atoms with Gasteiger partial charge in [-0.25, -0.2) is 0 Å². The van der Waals surface area contributed by atoms with E-state index in [1.165, 1.54) is 23.2 Å². The van der Waals surface area contributed by atoms with E-state index in [2.05, 4.69) is 12.2 Å². The molecule has 1 aliphatic heterocycles. The summed E-state index contributed by atoms with van der Waals surface area (Å²) in [5, 5.41) is 43.5. The highest BCUT2D eigenvalue weighted by Gasteiger charge is 2.20. The van der Waals surface area contributed by atoms with Crippen molar-refractivity contribution in [2.24, 2.45) is 0 Å². The lowest BCUT2D eigenvalue weighted by Crippen LogP contribution is -2.45. The van der Waals surface area contributed by atoms with Gasteiger partial charge in [-0.05, 0) is 6.42 Å². The number of rotatable bonds is 14. The van der Waals surface area contributed by atoms with E-state index in [1.54, 1.807) is 27.1 Å². The van der Waals surface area contributed by atoms with Gasteiger partial charge in [-0.1, -0.05) is 26.2 Å². The van der Waals surface area contributed by atoms with Crippen molar-refractivity contribution in [3.05, 3.63) is 47.2 Å². The molecule has 4 N–H and O–H groups in total. The lowest BCUT2D eigenvalue weighted by atomic mass is 10.2. The van der Waals surface area contributed by atoms with Gasteiger partial charge in [0.15, 0.2) is 6.20 Å². The van der Waals surface area contributed by atoms with E-state index >= 15 is 0 Å². The van der Waals surface area contributed by atoms with Crippen LogP contribution in [0.1, 0.15) is 48.7 Å². The predicted molar refractivity (Wildman–Crippen MR) is 149 cm³/mol. The summed E-state index contributed by atoms with van der Waals surface area (Å²) < 4.78 is 0.663. The Balaban J connectivity index is 2.25. The second-order valence-electron chi connectivity index (χ2n) is 10.0. The van der Waals surface area contributed by atoms with Crippen molar-refractivity contribution in [3.63, 3.8) is 0 Å². The number of hydrogen-bond donors (Lipinski definition) is 4. The molecule has 0 fully saturated rings. The summed E-state index contributed by atoms with van der Waals surface area (Å²) >= 11 is 0. The summed E-state index contributed by atoms with van der Waals surface area (Å²) in [4.78, 5) is 53.5. The molecular formula is C27H42N6O8. The normalized spacial score (nSPS) is 16.4. The van der Waals surface area contributed by atoms with Crippen LogP contribution in [0, 0.1) is 5.21 Å². The number of aromatic nitrogens is 1. The zero-order valence-electron chi connectivity index (χ0n) is 23.6. The molecule has 0 bridgehead atoms. The van der Waals surface area contributed by atoms with Gasteiger partial charge in [-0.15, -0.1) is 0 Å². The molecule has 0 spiro atoms. The Labute approximate surface area is 240 Å². The van der Waals surface area contributed by atoms with Crippen LogP contribution in [0.4, 0.5) is 0 Å². The van der Waals surface area contributed by atoms with Crippen LogP contribution in [-0.4, -0.2) is 124 Å². The highest BCUT2D eigenvalue weighted by atomic mass is 16.5. The molecule has 0 aromatic carbocycles. The van der Waals surface area contributed by atoms with Crippen LogP contribution < -0.4 is 10.0 Å². The van der Waals surface area contributed by atoms with Crippen LogP contribution >= 0.6 is 0 Å².